The topological polar surface area (TPSA) is 29.3 Å². The molecule has 20 heavy (non-hydrogen) atoms. The molecule has 1 saturated heterocycles. The Morgan fingerprint density at radius 3 is 2.50 bits per heavy atom. The summed E-state index contributed by atoms with van der Waals surface area (Å²) in [5.74, 6) is 0.897. The van der Waals surface area contributed by atoms with E-state index in [2.05, 4.69) is 52.0 Å². The number of piperidine rings is 1. The fourth-order valence-electron chi connectivity index (χ4n) is 2.94. The minimum atomic E-state index is 0.413. The zero-order chi connectivity index (χ0) is 14.4. The van der Waals surface area contributed by atoms with Crippen LogP contribution in [0.3, 0.4) is 0 Å². The van der Waals surface area contributed by atoms with Gasteiger partial charge in [0.2, 0.25) is 0 Å². The Kier molecular flexibility index (Phi) is 6.53. The van der Waals surface area contributed by atoms with Crippen LogP contribution < -0.4 is 5.73 Å². The van der Waals surface area contributed by atoms with E-state index in [9.17, 15) is 0 Å². The summed E-state index contributed by atoms with van der Waals surface area (Å²) in [5, 5.41) is 0. The lowest BCUT2D eigenvalue weighted by Crippen LogP contribution is -2.33. The number of hydrogen-bond donors (Lipinski definition) is 1. The van der Waals surface area contributed by atoms with E-state index in [-0.39, 0.29) is 0 Å². The van der Waals surface area contributed by atoms with E-state index in [1.807, 2.05) is 0 Å². The van der Waals surface area contributed by atoms with Crippen molar-refractivity contribution in [2.75, 3.05) is 13.1 Å². The summed E-state index contributed by atoms with van der Waals surface area (Å²) in [6.45, 7) is 5.75. The van der Waals surface area contributed by atoms with Gasteiger partial charge in [-0.05, 0) is 68.8 Å². The Labute approximate surface area is 131 Å². The third-order valence-corrected chi connectivity index (χ3v) is 5.03. The number of rotatable bonds is 6. The molecule has 1 aromatic rings. The average Bonchev–Trinajstić information content (AvgIpc) is 2.48. The van der Waals surface area contributed by atoms with Gasteiger partial charge in [-0.15, -0.1) is 0 Å². The molecule has 112 valence electrons. The van der Waals surface area contributed by atoms with Crippen LogP contribution in [0.4, 0.5) is 0 Å². The number of benzene rings is 1. The highest BCUT2D eigenvalue weighted by Gasteiger charge is 2.19. The van der Waals surface area contributed by atoms with Gasteiger partial charge in [-0.3, -0.25) is 4.90 Å². The molecule has 2 nitrogen and oxygen atoms in total. The normalized spacial score (nSPS) is 19.1. The van der Waals surface area contributed by atoms with Gasteiger partial charge in [-0.1, -0.05) is 35.0 Å². The van der Waals surface area contributed by atoms with E-state index in [1.165, 1.54) is 44.3 Å². The van der Waals surface area contributed by atoms with Gasteiger partial charge in [-0.2, -0.15) is 0 Å². The largest absolute Gasteiger partial charge is 0.328 e. The quantitative estimate of drug-likeness (QED) is 0.842. The maximum absolute atomic E-state index is 6.02. The lowest BCUT2D eigenvalue weighted by molar-refractivity contribution is 0.169. The third-order valence-electron chi connectivity index (χ3n) is 4.50. The van der Waals surface area contributed by atoms with Crippen molar-refractivity contribution >= 4 is 15.9 Å². The standard InChI is InChI=1S/C17H27BrN2/c1-2-17(19)8-5-14-9-11-20(12-10-14)13-15-3-6-16(18)7-4-15/h3-4,6-7,14,17H,2,5,8-13,19H2,1H3. The summed E-state index contributed by atoms with van der Waals surface area (Å²) >= 11 is 3.49. The maximum Gasteiger partial charge on any atom is 0.0233 e. The second-order valence-electron chi connectivity index (χ2n) is 6.09. The van der Waals surface area contributed by atoms with Crippen LogP contribution in [0.1, 0.15) is 44.6 Å². The molecule has 0 aromatic heterocycles. The zero-order valence-electron chi connectivity index (χ0n) is 12.5. The maximum atomic E-state index is 6.02. The Bertz CT molecular complexity index is 382. The van der Waals surface area contributed by atoms with Gasteiger partial charge in [0.25, 0.3) is 0 Å². The molecule has 0 saturated carbocycles. The first-order chi connectivity index (χ1) is 9.67. The van der Waals surface area contributed by atoms with Crippen LogP contribution in [-0.2, 0) is 6.54 Å². The van der Waals surface area contributed by atoms with Gasteiger partial charge < -0.3 is 5.73 Å². The van der Waals surface area contributed by atoms with Gasteiger partial charge >= 0.3 is 0 Å². The summed E-state index contributed by atoms with van der Waals surface area (Å²) in [5.41, 5.74) is 7.43. The molecule has 1 aliphatic rings. The molecule has 3 heteroatoms. The first kappa shape index (κ1) is 16.0. The fraction of sp³-hybridized carbons (Fsp3) is 0.647. The summed E-state index contributed by atoms with van der Waals surface area (Å²) < 4.78 is 1.16. The number of halogens is 1. The highest BCUT2D eigenvalue weighted by atomic mass is 79.9. The van der Waals surface area contributed by atoms with Crippen molar-refractivity contribution in [1.29, 1.82) is 0 Å². The summed E-state index contributed by atoms with van der Waals surface area (Å²) in [4.78, 5) is 2.58. The van der Waals surface area contributed by atoms with Gasteiger partial charge in [-0.25, -0.2) is 0 Å². The second kappa shape index (κ2) is 8.16. The highest BCUT2D eigenvalue weighted by molar-refractivity contribution is 9.10. The zero-order valence-corrected chi connectivity index (χ0v) is 14.1. The molecule has 0 radical (unpaired) electrons. The van der Waals surface area contributed by atoms with E-state index < -0.39 is 0 Å². The molecule has 1 unspecified atom stereocenters. The van der Waals surface area contributed by atoms with E-state index in [0.717, 1.165) is 23.4 Å². The van der Waals surface area contributed by atoms with Crippen LogP contribution in [0.15, 0.2) is 28.7 Å². The number of nitrogens with zero attached hydrogens (tertiary/aromatic N) is 1. The summed E-state index contributed by atoms with van der Waals surface area (Å²) in [7, 11) is 0. The lowest BCUT2D eigenvalue weighted by atomic mass is 9.90. The first-order valence-corrected chi connectivity index (χ1v) is 8.69. The van der Waals surface area contributed by atoms with Gasteiger partial charge in [0.1, 0.15) is 0 Å². The molecule has 2 N–H and O–H groups in total. The van der Waals surface area contributed by atoms with Crippen molar-refractivity contribution in [3.8, 4) is 0 Å². The molecule has 1 aromatic carbocycles. The Morgan fingerprint density at radius 1 is 1.25 bits per heavy atom. The number of hydrogen-bond acceptors (Lipinski definition) is 2. The van der Waals surface area contributed by atoms with Crippen LogP contribution in [0.2, 0.25) is 0 Å². The van der Waals surface area contributed by atoms with Crippen molar-refractivity contribution in [3.63, 3.8) is 0 Å². The van der Waals surface area contributed by atoms with Crippen molar-refractivity contribution in [2.24, 2.45) is 11.7 Å². The van der Waals surface area contributed by atoms with Gasteiger partial charge in [0.05, 0.1) is 0 Å². The molecule has 1 aliphatic heterocycles. The second-order valence-corrected chi connectivity index (χ2v) is 7.01. The molecule has 0 aliphatic carbocycles. The predicted molar refractivity (Wildman–Crippen MR) is 89.6 cm³/mol. The monoisotopic (exact) mass is 338 g/mol. The van der Waals surface area contributed by atoms with E-state index in [1.54, 1.807) is 0 Å². The van der Waals surface area contributed by atoms with Crippen molar-refractivity contribution in [3.05, 3.63) is 34.3 Å². The molecule has 0 bridgehead atoms. The molecule has 2 rings (SSSR count). The highest BCUT2D eigenvalue weighted by Crippen LogP contribution is 2.24. The van der Waals surface area contributed by atoms with Crippen molar-refractivity contribution < 1.29 is 0 Å². The number of likely N-dealkylation sites (tertiary alicyclic amines) is 1. The molecular weight excluding hydrogens is 312 g/mol. The average molecular weight is 339 g/mol. The SMILES string of the molecule is CCC(N)CCC1CCN(Cc2ccc(Br)cc2)CC1. The molecule has 1 heterocycles. The van der Waals surface area contributed by atoms with Crippen LogP contribution in [0.25, 0.3) is 0 Å². The van der Waals surface area contributed by atoms with E-state index >= 15 is 0 Å². The van der Waals surface area contributed by atoms with Gasteiger partial charge in [0, 0.05) is 17.1 Å². The predicted octanol–water partition coefficient (Wildman–Crippen LogP) is 4.18. The molecule has 1 fully saturated rings. The first-order valence-electron chi connectivity index (χ1n) is 7.89. The Hall–Kier alpha value is -0.380. The van der Waals surface area contributed by atoms with Crippen LogP contribution in [-0.4, -0.2) is 24.0 Å². The minimum Gasteiger partial charge on any atom is -0.328 e. The van der Waals surface area contributed by atoms with Crippen LogP contribution in [0, 0.1) is 5.92 Å². The molecular formula is C17H27BrN2. The number of nitrogens with two attached hydrogens (primary N) is 1. The Balaban J connectivity index is 1.70. The molecule has 1 atom stereocenters. The fourth-order valence-corrected chi connectivity index (χ4v) is 3.20. The summed E-state index contributed by atoms with van der Waals surface area (Å²) in [6.07, 6.45) is 6.32. The van der Waals surface area contributed by atoms with Gasteiger partial charge in [0.15, 0.2) is 0 Å². The van der Waals surface area contributed by atoms with Crippen molar-refractivity contribution in [1.82, 2.24) is 4.90 Å². The molecule has 0 spiro atoms. The third kappa shape index (κ3) is 5.19. The molecule has 0 amide bonds. The minimum absolute atomic E-state index is 0.413. The van der Waals surface area contributed by atoms with E-state index in [0.29, 0.717) is 6.04 Å². The smallest absolute Gasteiger partial charge is 0.0233 e. The summed E-state index contributed by atoms with van der Waals surface area (Å²) in [6, 6.07) is 9.12. The van der Waals surface area contributed by atoms with Crippen LogP contribution >= 0.6 is 15.9 Å². The Morgan fingerprint density at radius 2 is 1.90 bits per heavy atom. The van der Waals surface area contributed by atoms with Crippen LogP contribution in [0.5, 0.6) is 0 Å². The van der Waals surface area contributed by atoms with E-state index in [4.69, 9.17) is 5.73 Å². The lowest BCUT2D eigenvalue weighted by Gasteiger charge is -2.32. The van der Waals surface area contributed by atoms with Crippen molar-refractivity contribution in [2.45, 2.75) is 51.6 Å².